The molecule has 1 aromatic rings. The predicted octanol–water partition coefficient (Wildman–Crippen LogP) is 2.66. The molecule has 0 spiro atoms. The molecule has 1 aliphatic rings. The van der Waals surface area contributed by atoms with Gasteiger partial charge in [-0.1, -0.05) is 19.1 Å². The lowest BCUT2D eigenvalue weighted by molar-refractivity contribution is 0.199. The van der Waals surface area contributed by atoms with Gasteiger partial charge < -0.3 is 14.9 Å². The van der Waals surface area contributed by atoms with E-state index in [0.29, 0.717) is 6.04 Å². The topological polar surface area (TPSA) is 26.7 Å². The van der Waals surface area contributed by atoms with E-state index in [-0.39, 0.29) is 6.10 Å². The number of anilines is 1. The summed E-state index contributed by atoms with van der Waals surface area (Å²) in [7, 11) is 2.21. The van der Waals surface area contributed by atoms with E-state index in [9.17, 15) is 5.11 Å². The number of benzene rings is 1. The molecule has 0 aromatic heterocycles. The molecule has 0 saturated carbocycles. The normalized spacial score (nSPS) is 23.2. The molecule has 2 rings (SSSR count). The molecule has 106 valence electrons. The van der Waals surface area contributed by atoms with Gasteiger partial charge >= 0.3 is 0 Å². The van der Waals surface area contributed by atoms with Gasteiger partial charge in [0.2, 0.25) is 0 Å². The van der Waals surface area contributed by atoms with Crippen LogP contribution in [0.25, 0.3) is 0 Å². The second-order valence-electron chi connectivity index (χ2n) is 5.64. The maximum absolute atomic E-state index is 9.58. The molecule has 19 heavy (non-hydrogen) atoms. The molecule has 1 N–H and O–H groups in total. The molecule has 0 amide bonds. The smallest absolute Gasteiger partial charge is 0.0761 e. The van der Waals surface area contributed by atoms with Crippen LogP contribution >= 0.6 is 0 Å². The minimum atomic E-state index is -0.383. The largest absolute Gasteiger partial charge is 0.389 e. The molecule has 3 nitrogen and oxygen atoms in total. The molecule has 1 fully saturated rings. The van der Waals surface area contributed by atoms with Crippen molar-refractivity contribution in [2.24, 2.45) is 0 Å². The van der Waals surface area contributed by atoms with Crippen LogP contribution in [0.4, 0.5) is 5.69 Å². The Morgan fingerprint density at radius 1 is 1.26 bits per heavy atom. The monoisotopic (exact) mass is 262 g/mol. The number of hydrogen-bond donors (Lipinski definition) is 1. The van der Waals surface area contributed by atoms with Crippen LogP contribution in [0.2, 0.25) is 0 Å². The van der Waals surface area contributed by atoms with Gasteiger partial charge in [0.25, 0.3) is 0 Å². The van der Waals surface area contributed by atoms with Crippen molar-refractivity contribution in [3.8, 4) is 0 Å². The maximum Gasteiger partial charge on any atom is 0.0761 e. The Balaban J connectivity index is 2.17. The lowest BCUT2D eigenvalue weighted by Crippen LogP contribution is -2.39. The highest BCUT2D eigenvalue weighted by atomic mass is 16.3. The first-order valence-corrected chi connectivity index (χ1v) is 7.35. The van der Waals surface area contributed by atoms with Crippen LogP contribution in [-0.4, -0.2) is 42.7 Å². The highest BCUT2D eigenvalue weighted by molar-refractivity contribution is 5.49. The van der Waals surface area contributed by atoms with E-state index in [1.54, 1.807) is 0 Å². The Morgan fingerprint density at radius 2 is 1.95 bits per heavy atom. The van der Waals surface area contributed by atoms with Crippen LogP contribution < -0.4 is 4.90 Å². The van der Waals surface area contributed by atoms with Gasteiger partial charge in [-0.3, -0.25) is 0 Å². The summed E-state index contributed by atoms with van der Waals surface area (Å²) in [6.07, 6.45) is 2.00. The van der Waals surface area contributed by atoms with Crippen LogP contribution in [0.1, 0.15) is 38.4 Å². The molecule has 3 heteroatoms. The highest BCUT2D eigenvalue weighted by Gasteiger charge is 2.22. The third-order valence-electron chi connectivity index (χ3n) is 4.08. The van der Waals surface area contributed by atoms with Crippen molar-refractivity contribution in [3.63, 3.8) is 0 Å². The fourth-order valence-electron chi connectivity index (χ4n) is 2.88. The maximum atomic E-state index is 9.58. The van der Waals surface area contributed by atoms with Crippen LogP contribution in [0.3, 0.4) is 0 Å². The molecule has 0 radical (unpaired) electrons. The third-order valence-corrected chi connectivity index (χ3v) is 4.08. The van der Waals surface area contributed by atoms with Crippen molar-refractivity contribution in [3.05, 3.63) is 29.8 Å². The number of nitrogens with zero attached hydrogens (tertiary/aromatic N) is 2. The van der Waals surface area contributed by atoms with Crippen LogP contribution in [0, 0.1) is 0 Å². The second kappa shape index (κ2) is 6.40. The molecular formula is C16H26N2O. The van der Waals surface area contributed by atoms with Crippen LogP contribution in [0.5, 0.6) is 0 Å². The first-order chi connectivity index (χ1) is 9.11. The molecule has 0 aliphatic carbocycles. The highest BCUT2D eigenvalue weighted by Crippen LogP contribution is 2.24. The summed E-state index contributed by atoms with van der Waals surface area (Å²) in [5.74, 6) is 0. The standard InChI is InChI=1S/C16H26N2O/c1-4-15-12-17(3)10-5-11-18(15)16-8-6-14(7-9-16)13(2)19/h6-9,13,15,19H,4-5,10-12H2,1-3H3/t13-,15?/m1/s1. The molecule has 1 unspecified atom stereocenters. The van der Waals surface area contributed by atoms with E-state index in [0.717, 1.165) is 18.7 Å². The summed E-state index contributed by atoms with van der Waals surface area (Å²) >= 11 is 0. The van der Waals surface area contributed by atoms with Crippen LogP contribution in [-0.2, 0) is 0 Å². The van der Waals surface area contributed by atoms with E-state index >= 15 is 0 Å². The van der Waals surface area contributed by atoms with E-state index < -0.39 is 0 Å². The summed E-state index contributed by atoms with van der Waals surface area (Å²) in [6.45, 7) is 7.51. The summed E-state index contributed by atoms with van der Waals surface area (Å²) in [5, 5.41) is 9.58. The Labute approximate surface area is 116 Å². The fraction of sp³-hybridized carbons (Fsp3) is 0.625. The van der Waals surface area contributed by atoms with E-state index in [2.05, 4.69) is 35.9 Å². The molecule has 2 atom stereocenters. The van der Waals surface area contributed by atoms with Crippen molar-refractivity contribution in [1.82, 2.24) is 4.90 Å². The Morgan fingerprint density at radius 3 is 2.53 bits per heavy atom. The second-order valence-corrected chi connectivity index (χ2v) is 5.64. The first kappa shape index (κ1) is 14.4. The number of aliphatic hydroxyl groups is 1. The zero-order chi connectivity index (χ0) is 13.8. The van der Waals surface area contributed by atoms with Crippen molar-refractivity contribution in [2.75, 3.05) is 31.6 Å². The average Bonchev–Trinajstić information content (AvgIpc) is 2.60. The number of likely N-dealkylation sites (N-methyl/N-ethyl adjacent to an activating group) is 1. The number of aliphatic hydroxyl groups excluding tert-OH is 1. The molecule has 1 saturated heterocycles. The van der Waals surface area contributed by atoms with Gasteiger partial charge in [-0.25, -0.2) is 0 Å². The van der Waals surface area contributed by atoms with Gasteiger partial charge in [0.05, 0.1) is 6.10 Å². The summed E-state index contributed by atoms with van der Waals surface area (Å²) in [5.41, 5.74) is 2.27. The average molecular weight is 262 g/mol. The van der Waals surface area contributed by atoms with Gasteiger partial charge in [0.15, 0.2) is 0 Å². The minimum absolute atomic E-state index is 0.383. The number of rotatable bonds is 3. The fourth-order valence-corrected chi connectivity index (χ4v) is 2.88. The summed E-state index contributed by atoms with van der Waals surface area (Å²) in [6, 6.07) is 8.97. The molecule has 0 bridgehead atoms. The van der Waals surface area contributed by atoms with Crippen LogP contribution in [0.15, 0.2) is 24.3 Å². The van der Waals surface area contributed by atoms with Gasteiger partial charge in [-0.2, -0.15) is 0 Å². The van der Waals surface area contributed by atoms with Gasteiger partial charge in [0.1, 0.15) is 0 Å². The van der Waals surface area contributed by atoms with E-state index in [1.165, 1.54) is 25.1 Å². The van der Waals surface area contributed by atoms with E-state index in [4.69, 9.17) is 0 Å². The summed E-state index contributed by atoms with van der Waals surface area (Å²) < 4.78 is 0. The van der Waals surface area contributed by atoms with Gasteiger partial charge in [-0.05, 0) is 51.1 Å². The molecule has 1 aliphatic heterocycles. The van der Waals surface area contributed by atoms with Crippen molar-refractivity contribution >= 4 is 5.69 Å². The molecule has 1 aromatic carbocycles. The van der Waals surface area contributed by atoms with E-state index in [1.807, 2.05) is 19.1 Å². The lowest BCUT2D eigenvalue weighted by atomic mass is 10.1. The SMILES string of the molecule is CCC1CN(C)CCCN1c1ccc([C@@H](C)O)cc1. The predicted molar refractivity (Wildman–Crippen MR) is 80.6 cm³/mol. The Bertz CT molecular complexity index is 388. The Hall–Kier alpha value is -1.06. The summed E-state index contributed by atoms with van der Waals surface area (Å²) in [4.78, 5) is 4.95. The van der Waals surface area contributed by atoms with Gasteiger partial charge in [0, 0.05) is 24.8 Å². The van der Waals surface area contributed by atoms with Gasteiger partial charge in [-0.15, -0.1) is 0 Å². The van der Waals surface area contributed by atoms with Crippen molar-refractivity contribution in [1.29, 1.82) is 0 Å². The van der Waals surface area contributed by atoms with Crippen molar-refractivity contribution in [2.45, 2.75) is 38.8 Å². The molecular weight excluding hydrogens is 236 g/mol. The molecule has 1 heterocycles. The van der Waals surface area contributed by atoms with Crippen molar-refractivity contribution < 1.29 is 5.11 Å². The zero-order valence-corrected chi connectivity index (χ0v) is 12.3. The number of hydrogen-bond acceptors (Lipinski definition) is 3. The quantitative estimate of drug-likeness (QED) is 0.907. The third kappa shape index (κ3) is 3.48. The minimum Gasteiger partial charge on any atom is -0.389 e. The lowest BCUT2D eigenvalue weighted by Gasteiger charge is -2.32. The Kier molecular flexibility index (Phi) is 4.83. The zero-order valence-electron chi connectivity index (χ0n) is 12.3. The first-order valence-electron chi connectivity index (χ1n) is 7.35.